The van der Waals surface area contributed by atoms with Crippen LogP contribution in [0.1, 0.15) is 0 Å². The average molecular weight is 230 g/mol. The number of hydrogen-bond acceptors (Lipinski definition) is 4. The van der Waals surface area contributed by atoms with E-state index in [1.165, 1.54) is 11.5 Å². The lowest BCUT2D eigenvalue weighted by molar-refractivity contribution is 0.842. The maximum absolute atomic E-state index is 4.42. The number of aromatic nitrogens is 2. The highest BCUT2D eigenvalue weighted by molar-refractivity contribution is 7.99. The van der Waals surface area contributed by atoms with Gasteiger partial charge in [0.1, 0.15) is 12.1 Å². The van der Waals surface area contributed by atoms with Crippen LogP contribution in [-0.4, -0.2) is 34.6 Å². The van der Waals surface area contributed by atoms with Crippen molar-refractivity contribution in [3.63, 3.8) is 0 Å². The van der Waals surface area contributed by atoms with Crippen molar-refractivity contribution in [1.29, 1.82) is 0 Å². The van der Waals surface area contributed by atoms with Gasteiger partial charge in [-0.25, -0.2) is 9.97 Å². The fourth-order valence-corrected chi connectivity index (χ4v) is 2.86. The molecule has 4 heteroatoms. The highest BCUT2D eigenvalue weighted by Gasteiger charge is 2.14. The fourth-order valence-electron chi connectivity index (χ4n) is 1.96. The highest BCUT2D eigenvalue weighted by atomic mass is 32.2. The SMILES string of the molecule is [c]1ccc2c(N3CCSCC3)ncnc2c1. The Balaban J connectivity index is 2.08. The first kappa shape index (κ1) is 9.90. The predicted molar refractivity (Wildman–Crippen MR) is 67.9 cm³/mol. The zero-order valence-corrected chi connectivity index (χ0v) is 9.70. The topological polar surface area (TPSA) is 29.0 Å². The van der Waals surface area contributed by atoms with Crippen LogP contribution in [0.2, 0.25) is 0 Å². The van der Waals surface area contributed by atoms with E-state index < -0.39 is 0 Å². The second-order valence-electron chi connectivity index (χ2n) is 3.74. The summed E-state index contributed by atoms with van der Waals surface area (Å²) in [6.07, 6.45) is 1.65. The molecule has 0 spiro atoms. The van der Waals surface area contributed by atoms with Crippen molar-refractivity contribution < 1.29 is 0 Å². The Labute approximate surface area is 98.9 Å². The number of fused-ring (bicyclic) bond motifs is 1. The molecular formula is C12H12N3S. The van der Waals surface area contributed by atoms with E-state index in [2.05, 4.69) is 20.9 Å². The van der Waals surface area contributed by atoms with E-state index in [1.54, 1.807) is 6.33 Å². The molecule has 0 aliphatic carbocycles. The molecule has 3 nitrogen and oxygen atoms in total. The third-order valence-corrected chi connectivity index (χ3v) is 3.71. The lowest BCUT2D eigenvalue weighted by Gasteiger charge is -2.28. The van der Waals surface area contributed by atoms with Gasteiger partial charge in [0.2, 0.25) is 0 Å². The molecule has 0 bridgehead atoms. The van der Waals surface area contributed by atoms with Crippen LogP contribution in [0.3, 0.4) is 0 Å². The highest BCUT2D eigenvalue weighted by Crippen LogP contribution is 2.24. The van der Waals surface area contributed by atoms with Crippen molar-refractivity contribution in [2.45, 2.75) is 0 Å². The molecule has 0 N–H and O–H groups in total. The monoisotopic (exact) mass is 230 g/mol. The van der Waals surface area contributed by atoms with Gasteiger partial charge in [-0.3, -0.25) is 0 Å². The van der Waals surface area contributed by atoms with Gasteiger partial charge in [-0.15, -0.1) is 0 Å². The Kier molecular flexibility index (Phi) is 2.66. The summed E-state index contributed by atoms with van der Waals surface area (Å²) in [6.45, 7) is 2.16. The van der Waals surface area contributed by atoms with Crippen molar-refractivity contribution in [3.8, 4) is 0 Å². The minimum absolute atomic E-state index is 0.978. The number of rotatable bonds is 1. The maximum atomic E-state index is 4.42. The third kappa shape index (κ3) is 1.73. The molecule has 1 saturated heterocycles. The molecule has 1 aromatic carbocycles. The van der Waals surface area contributed by atoms with Crippen LogP contribution in [0.15, 0.2) is 24.5 Å². The van der Waals surface area contributed by atoms with Crippen LogP contribution < -0.4 is 4.90 Å². The summed E-state index contributed by atoms with van der Waals surface area (Å²) in [7, 11) is 0. The van der Waals surface area contributed by atoms with Crippen molar-refractivity contribution >= 4 is 28.5 Å². The lowest BCUT2D eigenvalue weighted by atomic mass is 10.2. The number of thioether (sulfide) groups is 1. The zero-order valence-electron chi connectivity index (χ0n) is 8.89. The molecule has 1 aliphatic heterocycles. The minimum atomic E-state index is 0.978. The van der Waals surface area contributed by atoms with Gasteiger partial charge in [-0.2, -0.15) is 11.8 Å². The van der Waals surface area contributed by atoms with E-state index in [4.69, 9.17) is 0 Å². The van der Waals surface area contributed by atoms with Crippen LogP contribution in [0.25, 0.3) is 10.9 Å². The summed E-state index contributed by atoms with van der Waals surface area (Å²) < 4.78 is 0. The molecular weight excluding hydrogens is 218 g/mol. The summed E-state index contributed by atoms with van der Waals surface area (Å²) in [4.78, 5) is 11.0. The first-order chi connectivity index (χ1) is 7.95. The van der Waals surface area contributed by atoms with Gasteiger partial charge in [-0.1, -0.05) is 6.07 Å². The minimum Gasteiger partial charge on any atom is -0.354 e. The van der Waals surface area contributed by atoms with Crippen molar-refractivity contribution in [1.82, 2.24) is 9.97 Å². The Hall–Kier alpha value is -1.29. The van der Waals surface area contributed by atoms with Gasteiger partial charge in [-0.05, 0) is 18.2 Å². The van der Waals surface area contributed by atoms with Gasteiger partial charge in [0, 0.05) is 30.0 Å². The largest absolute Gasteiger partial charge is 0.354 e. The summed E-state index contributed by atoms with van der Waals surface area (Å²) in [5.41, 5.74) is 0.978. The fraction of sp³-hybridized carbons (Fsp3) is 0.333. The number of hydrogen-bond donors (Lipinski definition) is 0. The quantitative estimate of drug-likeness (QED) is 0.749. The van der Waals surface area contributed by atoms with Crippen LogP contribution >= 0.6 is 11.8 Å². The maximum Gasteiger partial charge on any atom is 0.139 e. The summed E-state index contributed by atoms with van der Waals surface area (Å²) >= 11 is 2.01. The van der Waals surface area contributed by atoms with Gasteiger partial charge in [0.25, 0.3) is 0 Å². The molecule has 1 radical (unpaired) electrons. The molecule has 1 aliphatic rings. The lowest BCUT2D eigenvalue weighted by Crippen LogP contribution is -2.33. The Bertz CT molecular complexity index is 489. The molecule has 2 heterocycles. The average Bonchev–Trinajstić information content (AvgIpc) is 2.39. The second-order valence-corrected chi connectivity index (χ2v) is 4.96. The molecule has 0 saturated carbocycles. The van der Waals surface area contributed by atoms with Crippen molar-refractivity contribution in [2.24, 2.45) is 0 Å². The third-order valence-electron chi connectivity index (χ3n) is 2.77. The van der Waals surface area contributed by atoms with E-state index in [0.717, 1.165) is 29.8 Å². The smallest absolute Gasteiger partial charge is 0.139 e. The van der Waals surface area contributed by atoms with E-state index in [9.17, 15) is 0 Å². The first-order valence-electron chi connectivity index (χ1n) is 5.39. The summed E-state index contributed by atoms with van der Waals surface area (Å²) in [5, 5.41) is 1.13. The Morgan fingerprint density at radius 2 is 2.12 bits per heavy atom. The standard InChI is InChI=1S/C12H12N3S/c1-2-4-11-10(3-1)12(14-9-13-11)15-5-7-16-8-6-15/h1,3-4,9H,5-8H2. The molecule has 16 heavy (non-hydrogen) atoms. The van der Waals surface area contributed by atoms with E-state index in [1.807, 2.05) is 30.0 Å². The molecule has 1 fully saturated rings. The normalized spacial score (nSPS) is 16.6. The van der Waals surface area contributed by atoms with Gasteiger partial charge < -0.3 is 4.90 Å². The van der Waals surface area contributed by atoms with Crippen LogP contribution in [0.4, 0.5) is 5.82 Å². The number of nitrogens with zero attached hydrogens (tertiary/aromatic N) is 3. The van der Waals surface area contributed by atoms with Gasteiger partial charge in [0.05, 0.1) is 5.52 Å². The molecule has 2 aromatic rings. The predicted octanol–water partition coefficient (Wildman–Crippen LogP) is 1.98. The number of anilines is 1. The van der Waals surface area contributed by atoms with Crippen molar-refractivity contribution in [3.05, 3.63) is 30.6 Å². The van der Waals surface area contributed by atoms with Gasteiger partial charge in [0.15, 0.2) is 0 Å². The zero-order chi connectivity index (χ0) is 10.8. The molecule has 0 unspecified atom stereocenters. The van der Waals surface area contributed by atoms with Crippen LogP contribution in [-0.2, 0) is 0 Å². The summed E-state index contributed by atoms with van der Waals surface area (Å²) in [6, 6.07) is 8.94. The Morgan fingerprint density at radius 1 is 1.25 bits per heavy atom. The second kappa shape index (κ2) is 4.29. The molecule has 3 rings (SSSR count). The van der Waals surface area contributed by atoms with E-state index in [-0.39, 0.29) is 0 Å². The molecule has 1 aromatic heterocycles. The molecule has 0 amide bonds. The van der Waals surface area contributed by atoms with E-state index in [0.29, 0.717) is 0 Å². The Morgan fingerprint density at radius 3 is 3.00 bits per heavy atom. The van der Waals surface area contributed by atoms with E-state index >= 15 is 0 Å². The number of benzene rings is 1. The van der Waals surface area contributed by atoms with Crippen LogP contribution in [0.5, 0.6) is 0 Å². The van der Waals surface area contributed by atoms with Crippen molar-refractivity contribution in [2.75, 3.05) is 29.5 Å². The summed E-state index contributed by atoms with van der Waals surface area (Å²) in [5.74, 6) is 3.44. The molecule has 0 atom stereocenters. The first-order valence-corrected chi connectivity index (χ1v) is 6.54. The van der Waals surface area contributed by atoms with Gasteiger partial charge >= 0.3 is 0 Å². The van der Waals surface area contributed by atoms with Crippen LogP contribution in [0, 0.1) is 6.07 Å². The molecule has 81 valence electrons.